The molecule has 0 atom stereocenters. The molecule has 0 spiro atoms. The highest BCUT2D eigenvalue weighted by Gasteiger charge is 2.04. The fourth-order valence-electron chi connectivity index (χ4n) is 1.09. The molecule has 1 amide bonds. The van der Waals surface area contributed by atoms with E-state index >= 15 is 0 Å². The van der Waals surface area contributed by atoms with Gasteiger partial charge in [0.05, 0.1) is 4.70 Å². The van der Waals surface area contributed by atoms with Crippen molar-refractivity contribution >= 4 is 33.5 Å². The number of carbonyl (C=O) groups is 1. The van der Waals surface area contributed by atoms with Gasteiger partial charge in [-0.05, 0) is 23.7 Å². The second-order valence-electron chi connectivity index (χ2n) is 2.58. The van der Waals surface area contributed by atoms with E-state index in [2.05, 4.69) is 15.2 Å². The van der Waals surface area contributed by atoms with E-state index in [0.29, 0.717) is 5.82 Å². The zero-order valence-electron chi connectivity index (χ0n) is 7.02. The summed E-state index contributed by atoms with van der Waals surface area (Å²) in [6.45, 7) is 0. The molecule has 1 aromatic carbocycles. The van der Waals surface area contributed by atoms with Crippen molar-refractivity contribution in [1.82, 2.24) is 9.80 Å². The maximum Gasteiger partial charge on any atom is 0.423 e. The number of nitrogens with one attached hydrogen (secondary N) is 2. The third-order valence-corrected chi connectivity index (χ3v) is 2.49. The fourth-order valence-corrected chi connectivity index (χ4v) is 1.82. The van der Waals surface area contributed by atoms with Crippen LogP contribution >= 0.6 is 11.5 Å². The number of hydrogen-bond acceptors (Lipinski definition) is 4. The largest absolute Gasteiger partial charge is 0.464 e. The Hall–Kier alpha value is -1.82. The molecule has 1 heterocycles. The van der Waals surface area contributed by atoms with Gasteiger partial charge in [0.15, 0.2) is 5.82 Å². The number of carboxylic acid groups (broad SMARTS) is 1. The molecule has 72 valence electrons. The van der Waals surface area contributed by atoms with Crippen molar-refractivity contribution < 1.29 is 9.90 Å². The SMILES string of the molecule is O=C(O)NNc1nsc2ccccc12. The molecular formula is C8H7N3O2S. The van der Waals surface area contributed by atoms with Crippen LogP contribution in [0.15, 0.2) is 24.3 Å². The van der Waals surface area contributed by atoms with Crippen molar-refractivity contribution in [2.75, 3.05) is 5.43 Å². The van der Waals surface area contributed by atoms with E-state index in [1.807, 2.05) is 24.3 Å². The van der Waals surface area contributed by atoms with Crippen LogP contribution in [0.2, 0.25) is 0 Å². The predicted octanol–water partition coefficient (Wildman–Crippen LogP) is 1.89. The quantitative estimate of drug-likeness (QED) is 0.660. The summed E-state index contributed by atoms with van der Waals surface area (Å²) in [7, 11) is 0. The molecule has 6 heteroatoms. The summed E-state index contributed by atoms with van der Waals surface area (Å²) in [6, 6.07) is 7.60. The molecule has 5 nitrogen and oxygen atoms in total. The third-order valence-electron chi connectivity index (χ3n) is 1.67. The van der Waals surface area contributed by atoms with E-state index in [-0.39, 0.29) is 0 Å². The van der Waals surface area contributed by atoms with Crippen LogP contribution in [0.3, 0.4) is 0 Å². The number of anilines is 1. The topological polar surface area (TPSA) is 74.2 Å². The maximum absolute atomic E-state index is 10.2. The molecule has 1 aromatic heterocycles. The number of aromatic nitrogens is 1. The summed E-state index contributed by atoms with van der Waals surface area (Å²) in [5.74, 6) is 0.535. The van der Waals surface area contributed by atoms with E-state index in [4.69, 9.17) is 5.11 Å². The van der Waals surface area contributed by atoms with Gasteiger partial charge in [-0.2, -0.15) is 4.37 Å². The van der Waals surface area contributed by atoms with Gasteiger partial charge in [-0.15, -0.1) is 0 Å². The van der Waals surface area contributed by atoms with Gasteiger partial charge < -0.3 is 5.11 Å². The average molecular weight is 209 g/mol. The van der Waals surface area contributed by atoms with Crippen LogP contribution in [-0.4, -0.2) is 15.6 Å². The van der Waals surface area contributed by atoms with Gasteiger partial charge in [-0.1, -0.05) is 12.1 Å². The first kappa shape index (κ1) is 8.76. The number of hydrazine groups is 1. The van der Waals surface area contributed by atoms with Gasteiger partial charge in [0, 0.05) is 5.39 Å². The summed E-state index contributed by atoms with van der Waals surface area (Å²) in [6.07, 6.45) is -1.14. The minimum Gasteiger partial charge on any atom is -0.464 e. The van der Waals surface area contributed by atoms with Crippen molar-refractivity contribution in [3.05, 3.63) is 24.3 Å². The van der Waals surface area contributed by atoms with Crippen LogP contribution in [0.1, 0.15) is 0 Å². The van der Waals surface area contributed by atoms with Crippen LogP contribution in [0.4, 0.5) is 10.6 Å². The highest BCUT2D eigenvalue weighted by molar-refractivity contribution is 7.13. The lowest BCUT2D eigenvalue weighted by atomic mass is 10.3. The molecule has 0 aliphatic carbocycles. The van der Waals surface area contributed by atoms with Gasteiger partial charge in [-0.25, -0.2) is 10.2 Å². The van der Waals surface area contributed by atoms with Crippen molar-refractivity contribution in [3.63, 3.8) is 0 Å². The van der Waals surface area contributed by atoms with Crippen molar-refractivity contribution in [1.29, 1.82) is 0 Å². The lowest BCUT2D eigenvalue weighted by Gasteiger charge is -2.00. The molecule has 2 aromatic rings. The van der Waals surface area contributed by atoms with Crippen molar-refractivity contribution in [2.45, 2.75) is 0 Å². The average Bonchev–Trinajstić information content (AvgIpc) is 2.58. The van der Waals surface area contributed by atoms with Crippen LogP contribution in [0.5, 0.6) is 0 Å². The van der Waals surface area contributed by atoms with Crippen molar-refractivity contribution in [2.24, 2.45) is 0 Å². The Kier molecular flexibility index (Phi) is 2.19. The van der Waals surface area contributed by atoms with E-state index in [9.17, 15) is 4.79 Å². The lowest BCUT2D eigenvalue weighted by Crippen LogP contribution is -2.27. The molecule has 2 rings (SSSR count). The van der Waals surface area contributed by atoms with Crippen LogP contribution < -0.4 is 10.9 Å². The maximum atomic E-state index is 10.2. The summed E-state index contributed by atoms with van der Waals surface area (Å²) in [4.78, 5) is 10.2. The summed E-state index contributed by atoms with van der Waals surface area (Å²) >= 11 is 1.32. The first-order valence-electron chi connectivity index (χ1n) is 3.87. The van der Waals surface area contributed by atoms with E-state index < -0.39 is 6.09 Å². The van der Waals surface area contributed by atoms with Gasteiger partial charge in [-0.3, -0.25) is 5.43 Å². The van der Waals surface area contributed by atoms with Gasteiger partial charge >= 0.3 is 6.09 Å². The summed E-state index contributed by atoms with van der Waals surface area (Å²) < 4.78 is 5.09. The zero-order valence-corrected chi connectivity index (χ0v) is 7.84. The number of amides is 1. The van der Waals surface area contributed by atoms with E-state index in [1.165, 1.54) is 11.5 Å². The molecule has 3 N–H and O–H groups in total. The predicted molar refractivity (Wildman–Crippen MR) is 54.4 cm³/mol. The van der Waals surface area contributed by atoms with Crippen molar-refractivity contribution in [3.8, 4) is 0 Å². The van der Waals surface area contributed by atoms with Gasteiger partial charge in [0.1, 0.15) is 0 Å². The highest BCUT2D eigenvalue weighted by Crippen LogP contribution is 2.25. The first-order chi connectivity index (χ1) is 6.77. The third kappa shape index (κ3) is 1.60. The molecule has 0 radical (unpaired) electrons. The van der Waals surface area contributed by atoms with Gasteiger partial charge in [0.2, 0.25) is 0 Å². The Labute approximate surface area is 83.5 Å². The number of rotatable bonds is 2. The molecule has 0 fully saturated rings. The number of nitrogens with zero attached hydrogens (tertiary/aromatic N) is 1. The summed E-state index contributed by atoms with van der Waals surface area (Å²) in [5, 5.41) is 9.29. The Morgan fingerprint density at radius 3 is 3.00 bits per heavy atom. The lowest BCUT2D eigenvalue weighted by molar-refractivity contribution is 0.197. The van der Waals surface area contributed by atoms with Gasteiger partial charge in [0.25, 0.3) is 0 Å². The first-order valence-corrected chi connectivity index (χ1v) is 4.64. The zero-order chi connectivity index (χ0) is 9.97. The normalized spacial score (nSPS) is 10.0. The smallest absolute Gasteiger partial charge is 0.423 e. The fraction of sp³-hybridized carbons (Fsp3) is 0. The number of hydrogen-bond donors (Lipinski definition) is 3. The monoisotopic (exact) mass is 209 g/mol. The standard InChI is InChI=1S/C8H7N3O2S/c12-8(13)10-9-7-5-3-1-2-4-6(5)14-11-7/h1-4,10H,(H,9,11)(H,12,13). The molecule has 0 aliphatic rings. The summed E-state index contributed by atoms with van der Waals surface area (Å²) in [5.41, 5.74) is 4.57. The Bertz CT molecular complexity index is 468. The molecule has 0 saturated heterocycles. The Balaban J connectivity index is 2.29. The minimum absolute atomic E-state index is 0.535. The Morgan fingerprint density at radius 2 is 2.21 bits per heavy atom. The minimum atomic E-state index is -1.14. The highest BCUT2D eigenvalue weighted by atomic mass is 32.1. The van der Waals surface area contributed by atoms with E-state index in [1.54, 1.807) is 0 Å². The molecule has 0 saturated carbocycles. The van der Waals surface area contributed by atoms with E-state index in [0.717, 1.165) is 10.1 Å². The second kappa shape index (κ2) is 3.51. The Morgan fingerprint density at radius 1 is 1.43 bits per heavy atom. The van der Waals surface area contributed by atoms with Crippen LogP contribution in [-0.2, 0) is 0 Å². The molecule has 0 unspecified atom stereocenters. The van der Waals surface area contributed by atoms with Crippen LogP contribution in [0.25, 0.3) is 10.1 Å². The number of benzene rings is 1. The molecule has 0 bridgehead atoms. The van der Waals surface area contributed by atoms with Crippen LogP contribution in [0, 0.1) is 0 Å². The molecular weight excluding hydrogens is 202 g/mol. The second-order valence-corrected chi connectivity index (χ2v) is 3.39. The molecule has 14 heavy (non-hydrogen) atoms. The molecule has 0 aliphatic heterocycles. The number of fused-ring (bicyclic) bond motifs is 1.